The van der Waals surface area contributed by atoms with Crippen LogP contribution in [0.4, 0.5) is 5.69 Å². The molecule has 0 fully saturated rings. The van der Waals surface area contributed by atoms with Crippen LogP contribution < -0.4 is 4.74 Å². The Morgan fingerprint density at radius 3 is 2.65 bits per heavy atom. The van der Waals surface area contributed by atoms with Crippen LogP contribution in [0.15, 0.2) is 48.5 Å². The Balaban J connectivity index is 2.29. The highest BCUT2D eigenvalue weighted by Gasteiger charge is 2.20. The number of hydrogen-bond donors (Lipinski definition) is 0. The van der Waals surface area contributed by atoms with E-state index in [1.807, 2.05) is 6.07 Å². The highest BCUT2D eigenvalue weighted by molar-refractivity contribution is 5.95. The van der Waals surface area contributed by atoms with Crippen molar-refractivity contribution in [1.82, 2.24) is 0 Å². The van der Waals surface area contributed by atoms with Gasteiger partial charge < -0.3 is 4.74 Å². The maximum Gasteiger partial charge on any atom is 0.350 e. The van der Waals surface area contributed by atoms with Crippen molar-refractivity contribution in [3.63, 3.8) is 0 Å². The zero-order valence-corrected chi connectivity index (χ0v) is 10.1. The van der Waals surface area contributed by atoms with Gasteiger partial charge in [-0.15, -0.1) is 0 Å². The molecule has 0 aromatic heterocycles. The number of para-hydroxylation sites is 1. The number of esters is 1. The summed E-state index contributed by atoms with van der Waals surface area (Å²) >= 11 is 0. The number of carbonyl (C=O) groups is 1. The molecular formula is C14H8N2O4. The molecule has 98 valence electrons. The fourth-order valence-electron chi connectivity index (χ4n) is 1.60. The second-order valence-electron chi connectivity index (χ2n) is 3.80. The summed E-state index contributed by atoms with van der Waals surface area (Å²) in [5.41, 5.74) is -0.133. The summed E-state index contributed by atoms with van der Waals surface area (Å²) in [5.74, 6) is -0.681. The van der Waals surface area contributed by atoms with E-state index in [0.717, 1.165) is 0 Å². The molecule has 2 aromatic rings. The van der Waals surface area contributed by atoms with Crippen LogP contribution in [-0.4, -0.2) is 10.9 Å². The number of nitro groups is 1. The Morgan fingerprint density at radius 2 is 1.95 bits per heavy atom. The number of benzene rings is 2. The monoisotopic (exact) mass is 268 g/mol. The highest BCUT2D eigenvalue weighted by atomic mass is 16.6. The van der Waals surface area contributed by atoms with Crippen molar-refractivity contribution in [1.29, 1.82) is 5.26 Å². The fraction of sp³-hybridized carbons (Fsp3) is 0. The van der Waals surface area contributed by atoms with Gasteiger partial charge in [-0.25, -0.2) is 4.79 Å². The summed E-state index contributed by atoms with van der Waals surface area (Å²) in [7, 11) is 0. The molecule has 0 heterocycles. The third kappa shape index (κ3) is 2.79. The number of nitrogens with zero attached hydrogens (tertiary/aromatic N) is 2. The lowest BCUT2D eigenvalue weighted by Crippen LogP contribution is -2.11. The molecule has 0 aliphatic rings. The van der Waals surface area contributed by atoms with Gasteiger partial charge in [0, 0.05) is 6.07 Å². The maximum absolute atomic E-state index is 11.9. The Kier molecular flexibility index (Phi) is 3.72. The van der Waals surface area contributed by atoms with Crippen molar-refractivity contribution in [3.05, 3.63) is 69.8 Å². The van der Waals surface area contributed by atoms with E-state index in [0.29, 0.717) is 5.56 Å². The van der Waals surface area contributed by atoms with Crippen LogP contribution in [0.1, 0.15) is 15.9 Å². The first-order valence-electron chi connectivity index (χ1n) is 5.57. The van der Waals surface area contributed by atoms with Crippen LogP contribution in [0.3, 0.4) is 0 Å². The van der Waals surface area contributed by atoms with Gasteiger partial charge in [0.1, 0.15) is 11.3 Å². The van der Waals surface area contributed by atoms with E-state index in [4.69, 9.17) is 10.00 Å². The average molecular weight is 268 g/mol. The van der Waals surface area contributed by atoms with Gasteiger partial charge in [-0.1, -0.05) is 18.2 Å². The molecule has 20 heavy (non-hydrogen) atoms. The zero-order chi connectivity index (χ0) is 14.5. The second-order valence-corrected chi connectivity index (χ2v) is 3.80. The van der Waals surface area contributed by atoms with Crippen LogP contribution in [-0.2, 0) is 0 Å². The van der Waals surface area contributed by atoms with Gasteiger partial charge in [-0.05, 0) is 24.3 Å². The lowest BCUT2D eigenvalue weighted by molar-refractivity contribution is -0.385. The molecule has 0 atom stereocenters. The van der Waals surface area contributed by atoms with E-state index in [-0.39, 0.29) is 17.0 Å². The summed E-state index contributed by atoms with van der Waals surface area (Å²) in [6.45, 7) is 0. The van der Waals surface area contributed by atoms with Crippen LogP contribution in [0.25, 0.3) is 0 Å². The molecule has 6 nitrogen and oxygen atoms in total. The van der Waals surface area contributed by atoms with Crippen LogP contribution >= 0.6 is 0 Å². The molecule has 0 radical (unpaired) electrons. The molecule has 0 saturated heterocycles. The summed E-state index contributed by atoms with van der Waals surface area (Å²) < 4.78 is 5.04. The van der Waals surface area contributed by atoms with Crippen LogP contribution in [0.2, 0.25) is 0 Å². The molecule has 2 aromatic carbocycles. The minimum atomic E-state index is -0.840. The molecule has 0 aliphatic heterocycles. The maximum atomic E-state index is 11.9. The Morgan fingerprint density at radius 1 is 1.20 bits per heavy atom. The Hall–Kier alpha value is -3.20. The largest absolute Gasteiger partial charge is 0.423 e. The summed E-state index contributed by atoms with van der Waals surface area (Å²) in [5, 5.41) is 19.6. The molecule has 2 rings (SSSR count). The van der Waals surface area contributed by atoms with Crippen molar-refractivity contribution in [2.45, 2.75) is 0 Å². The molecule has 0 saturated carbocycles. The van der Waals surface area contributed by atoms with Crippen molar-refractivity contribution in [2.75, 3.05) is 0 Å². The van der Waals surface area contributed by atoms with E-state index in [1.165, 1.54) is 36.4 Å². The van der Waals surface area contributed by atoms with Gasteiger partial charge in [0.05, 0.1) is 16.6 Å². The number of carbonyl (C=O) groups excluding carboxylic acids is 1. The normalized spacial score (nSPS) is 9.55. The topological polar surface area (TPSA) is 93.2 Å². The Labute approximate surface area is 114 Å². The molecule has 0 aliphatic carbocycles. The molecule has 0 unspecified atom stereocenters. The SMILES string of the molecule is N#Cc1cccc(OC(=O)c2ccccc2[N+](=O)[O-])c1. The Bertz CT molecular complexity index is 719. The lowest BCUT2D eigenvalue weighted by Gasteiger charge is -2.04. The minimum absolute atomic E-state index is 0.139. The number of nitro benzene ring substituents is 1. The van der Waals surface area contributed by atoms with Crippen molar-refractivity contribution in [3.8, 4) is 11.8 Å². The highest BCUT2D eigenvalue weighted by Crippen LogP contribution is 2.21. The number of nitriles is 1. The van der Waals surface area contributed by atoms with Gasteiger partial charge >= 0.3 is 5.97 Å². The molecule has 0 bridgehead atoms. The zero-order valence-electron chi connectivity index (χ0n) is 10.1. The number of hydrogen-bond acceptors (Lipinski definition) is 5. The van der Waals surface area contributed by atoms with Gasteiger partial charge in [0.15, 0.2) is 0 Å². The molecule has 6 heteroatoms. The third-order valence-electron chi connectivity index (χ3n) is 2.49. The fourth-order valence-corrected chi connectivity index (χ4v) is 1.60. The first-order valence-corrected chi connectivity index (χ1v) is 5.57. The minimum Gasteiger partial charge on any atom is -0.423 e. The summed E-state index contributed by atoms with van der Waals surface area (Å²) in [4.78, 5) is 22.1. The molecule has 0 amide bonds. The van der Waals surface area contributed by atoms with Gasteiger partial charge in [-0.2, -0.15) is 5.26 Å². The van der Waals surface area contributed by atoms with Gasteiger partial charge in [-0.3, -0.25) is 10.1 Å². The first-order chi connectivity index (χ1) is 9.61. The predicted molar refractivity (Wildman–Crippen MR) is 69.2 cm³/mol. The molecular weight excluding hydrogens is 260 g/mol. The van der Waals surface area contributed by atoms with Gasteiger partial charge in [0.2, 0.25) is 0 Å². The van der Waals surface area contributed by atoms with Crippen LogP contribution in [0, 0.1) is 21.4 Å². The van der Waals surface area contributed by atoms with E-state index < -0.39 is 10.9 Å². The summed E-state index contributed by atoms with van der Waals surface area (Å²) in [6.07, 6.45) is 0. The van der Waals surface area contributed by atoms with Crippen molar-refractivity contribution in [2.24, 2.45) is 0 Å². The van der Waals surface area contributed by atoms with Crippen molar-refractivity contribution >= 4 is 11.7 Å². The average Bonchev–Trinajstić information content (AvgIpc) is 2.47. The van der Waals surface area contributed by atoms with Crippen LogP contribution in [0.5, 0.6) is 5.75 Å². The van der Waals surface area contributed by atoms with Gasteiger partial charge in [0.25, 0.3) is 5.69 Å². The van der Waals surface area contributed by atoms with E-state index in [1.54, 1.807) is 12.1 Å². The smallest absolute Gasteiger partial charge is 0.350 e. The second kappa shape index (κ2) is 5.63. The quantitative estimate of drug-likeness (QED) is 0.369. The van der Waals surface area contributed by atoms with E-state index >= 15 is 0 Å². The third-order valence-corrected chi connectivity index (χ3v) is 2.49. The lowest BCUT2D eigenvalue weighted by atomic mass is 10.2. The number of rotatable bonds is 3. The molecule has 0 N–H and O–H groups in total. The summed E-state index contributed by atoms with van der Waals surface area (Å²) in [6, 6.07) is 13.4. The standard InChI is InChI=1S/C14H8N2O4/c15-9-10-4-3-5-11(8-10)20-14(17)12-6-1-2-7-13(12)16(18)19/h1-8H. The first kappa shape index (κ1) is 13.2. The van der Waals surface area contributed by atoms with Crippen molar-refractivity contribution < 1.29 is 14.5 Å². The van der Waals surface area contributed by atoms with E-state index in [9.17, 15) is 14.9 Å². The van der Waals surface area contributed by atoms with E-state index in [2.05, 4.69) is 0 Å². The molecule has 0 spiro atoms. The predicted octanol–water partition coefficient (Wildman–Crippen LogP) is 2.69. The number of ether oxygens (including phenoxy) is 1.